The van der Waals surface area contributed by atoms with Gasteiger partial charge in [-0.25, -0.2) is 8.42 Å². The maximum absolute atomic E-state index is 13.7. The minimum Gasteiger partial charge on any atom is -0.379 e. The van der Waals surface area contributed by atoms with Crippen LogP contribution in [0.25, 0.3) is 0 Å². The van der Waals surface area contributed by atoms with Gasteiger partial charge in [-0.3, -0.25) is 10.1 Å². The van der Waals surface area contributed by atoms with Crippen molar-refractivity contribution in [2.24, 2.45) is 0 Å². The lowest BCUT2D eigenvalue weighted by Gasteiger charge is -2.23. The Morgan fingerprint density at radius 1 is 0.871 bits per heavy atom. The lowest BCUT2D eigenvalue weighted by molar-refractivity contribution is -0.386. The van der Waals surface area contributed by atoms with E-state index < -0.39 is 20.6 Å². The Morgan fingerprint density at radius 2 is 1.42 bits per heavy atom. The molecule has 0 atom stereocenters. The van der Waals surface area contributed by atoms with Gasteiger partial charge >= 0.3 is 5.69 Å². The van der Waals surface area contributed by atoms with E-state index in [0.717, 1.165) is 17.5 Å². The number of nitrogens with zero attached hydrogens (tertiary/aromatic N) is 2. The first-order valence-corrected chi connectivity index (χ1v) is 11.5. The molecule has 0 aliphatic rings. The predicted octanol–water partition coefficient (Wildman–Crippen LogP) is 4.81. The summed E-state index contributed by atoms with van der Waals surface area (Å²) in [4.78, 5) is 10.9. The van der Waals surface area contributed by atoms with Crippen molar-refractivity contribution in [1.29, 1.82) is 0 Å². The Bertz CT molecular complexity index is 1080. The molecule has 7 nitrogen and oxygen atoms in total. The van der Waals surface area contributed by atoms with Gasteiger partial charge in [0.1, 0.15) is 5.69 Å². The molecule has 1 N–H and O–H groups in total. The average Bonchev–Trinajstić information content (AvgIpc) is 2.78. The summed E-state index contributed by atoms with van der Waals surface area (Å²) in [5.74, 6) is 0. The number of nitrogens with one attached hydrogen (secondary N) is 1. The number of nitro groups is 1. The van der Waals surface area contributed by atoms with Gasteiger partial charge in [0.05, 0.1) is 4.92 Å². The highest BCUT2D eigenvalue weighted by atomic mass is 32.2. The van der Waals surface area contributed by atoms with Gasteiger partial charge in [-0.05, 0) is 29.7 Å². The van der Waals surface area contributed by atoms with E-state index in [4.69, 9.17) is 0 Å². The standard InChI is InChI=1S/C23H25N3O4S/c1-2-16-24-21-14-9-15-22(23(21)26(27)28)31(29,30)25(17-19-10-5-3-6-11-19)18-20-12-7-4-8-13-20/h3-15,24H,2,16-18H2,1H3. The minimum absolute atomic E-state index is 0.0990. The molecule has 3 aromatic carbocycles. The van der Waals surface area contributed by atoms with Crippen LogP contribution in [0.15, 0.2) is 83.8 Å². The smallest absolute Gasteiger partial charge is 0.312 e. The van der Waals surface area contributed by atoms with Crippen molar-refractivity contribution >= 4 is 21.4 Å². The maximum atomic E-state index is 13.7. The lowest BCUT2D eigenvalue weighted by atomic mass is 10.2. The van der Waals surface area contributed by atoms with Crippen molar-refractivity contribution in [2.75, 3.05) is 11.9 Å². The highest BCUT2D eigenvalue weighted by Gasteiger charge is 2.34. The molecule has 0 unspecified atom stereocenters. The van der Waals surface area contributed by atoms with Crippen molar-refractivity contribution in [2.45, 2.75) is 31.3 Å². The molecule has 0 saturated carbocycles. The van der Waals surface area contributed by atoms with E-state index in [-0.39, 0.29) is 23.7 Å². The number of hydrogen-bond donors (Lipinski definition) is 1. The SMILES string of the molecule is CCCNc1cccc(S(=O)(=O)N(Cc2ccccc2)Cc2ccccc2)c1[N+](=O)[O-]. The Labute approximate surface area is 182 Å². The number of anilines is 1. The van der Waals surface area contributed by atoms with Gasteiger partial charge in [0, 0.05) is 19.6 Å². The molecule has 0 amide bonds. The second-order valence-electron chi connectivity index (χ2n) is 7.08. The van der Waals surface area contributed by atoms with Gasteiger partial charge in [0.25, 0.3) is 10.0 Å². The molecule has 0 aliphatic carbocycles. The molecule has 3 rings (SSSR count). The van der Waals surface area contributed by atoms with Gasteiger partial charge in [-0.15, -0.1) is 0 Å². The second-order valence-corrected chi connectivity index (χ2v) is 8.99. The first-order valence-electron chi connectivity index (χ1n) is 10.0. The first-order chi connectivity index (χ1) is 14.9. The molecule has 0 bridgehead atoms. The summed E-state index contributed by atoms with van der Waals surface area (Å²) in [7, 11) is -4.17. The molecule has 3 aromatic rings. The fourth-order valence-electron chi connectivity index (χ4n) is 3.26. The van der Waals surface area contributed by atoms with Gasteiger partial charge in [0.15, 0.2) is 4.90 Å². The zero-order valence-corrected chi connectivity index (χ0v) is 18.1. The summed E-state index contributed by atoms with van der Waals surface area (Å²) in [6.07, 6.45) is 0.752. The molecular weight excluding hydrogens is 414 g/mol. The molecule has 0 fully saturated rings. The molecule has 0 spiro atoms. The summed E-state index contributed by atoms with van der Waals surface area (Å²) in [5, 5.41) is 14.8. The topological polar surface area (TPSA) is 92.6 Å². The van der Waals surface area contributed by atoms with Crippen molar-refractivity contribution in [3.63, 3.8) is 0 Å². The van der Waals surface area contributed by atoms with Gasteiger partial charge in [-0.1, -0.05) is 73.7 Å². The van der Waals surface area contributed by atoms with Crippen LogP contribution >= 0.6 is 0 Å². The van der Waals surface area contributed by atoms with Crippen LogP contribution in [0.2, 0.25) is 0 Å². The van der Waals surface area contributed by atoms with Crippen molar-refractivity contribution in [3.05, 3.63) is 100 Å². The molecule has 31 heavy (non-hydrogen) atoms. The highest BCUT2D eigenvalue weighted by molar-refractivity contribution is 7.89. The van der Waals surface area contributed by atoms with Crippen molar-refractivity contribution < 1.29 is 13.3 Å². The Balaban J connectivity index is 2.08. The quantitative estimate of drug-likeness (QED) is 0.362. The number of nitro benzene ring substituents is 1. The van der Waals surface area contributed by atoms with Crippen LogP contribution in [-0.4, -0.2) is 24.2 Å². The van der Waals surface area contributed by atoms with Crippen LogP contribution in [0.1, 0.15) is 24.5 Å². The zero-order valence-electron chi connectivity index (χ0n) is 17.3. The summed E-state index contributed by atoms with van der Waals surface area (Å²) < 4.78 is 28.7. The van der Waals surface area contributed by atoms with E-state index in [0.29, 0.717) is 6.54 Å². The third-order valence-corrected chi connectivity index (χ3v) is 6.59. The van der Waals surface area contributed by atoms with Gasteiger partial charge in [0.2, 0.25) is 0 Å². The third-order valence-electron chi connectivity index (χ3n) is 4.77. The Hall–Kier alpha value is -3.23. The van der Waals surface area contributed by atoms with E-state index in [2.05, 4.69) is 5.32 Å². The molecule has 0 aromatic heterocycles. The maximum Gasteiger partial charge on any atom is 0.312 e. The van der Waals surface area contributed by atoms with Crippen LogP contribution in [0, 0.1) is 10.1 Å². The molecule has 0 radical (unpaired) electrons. The molecular formula is C23H25N3O4S. The summed E-state index contributed by atoms with van der Waals surface area (Å²) in [5.41, 5.74) is 1.37. The van der Waals surface area contributed by atoms with E-state index in [9.17, 15) is 18.5 Å². The number of rotatable bonds is 10. The van der Waals surface area contributed by atoms with Crippen LogP contribution in [0.4, 0.5) is 11.4 Å². The third kappa shape index (κ3) is 5.48. The fourth-order valence-corrected chi connectivity index (χ4v) is 4.86. The normalized spacial score (nSPS) is 11.4. The summed E-state index contributed by atoms with van der Waals surface area (Å²) >= 11 is 0. The number of sulfonamides is 1. The molecule has 0 saturated heterocycles. The molecule has 162 valence electrons. The van der Waals surface area contributed by atoms with Crippen LogP contribution < -0.4 is 5.32 Å². The minimum atomic E-state index is -4.17. The zero-order chi connectivity index (χ0) is 22.3. The van der Waals surface area contributed by atoms with Crippen LogP contribution in [0.3, 0.4) is 0 Å². The van der Waals surface area contributed by atoms with Gasteiger partial charge < -0.3 is 5.32 Å². The van der Waals surface area contributed by atoms with E-state index >= 15 is 0 Å². The highest BCUT2D eigenvalue weighted by Crippen LogP contribution is 2.34. The Morgan fingerprint density at radius 3 is 1.90 bits per heavy atom. The second kappa shape index (κ2) is 10.2. The first kappa shape index (κ1) is 22.5. The molecule has 8 heteroatoms. The summed E-state index contributed by atoms with van der Waals surface area (Å²) in [6, 6.07) is 22.7. The van der Waals surface area contributed by atoms with Crippen molar-refractivity contribution in [3.8, 4) is 0 Å². The molecule has 0 heterocycles. The summed E-state index contributed by atoms with van der Waals surface area (Å²) in [6.45, 7) is 2.63. The van der Waals surface area contributed by atoms with Crippen LogP contribution in [-0.2, 0) is 23.1 Å². The lowest BCUT2D eigenvalue weighted by Crippen LogP contribution is -2.31. The fraction of sp³-hybridized carbons (Fsp3) is 0.217. The van der Waals surface area contributed by atoms with E-state index in [1.54, 1.807) is 0 Å². The van der Waals surface area contributed by atoms with E-state index in [1.807, 2.05) is 67.6 Å². The number of para-hydroxylation sites is 1. The number of hydrogen-bond acceptors (Lipinski definition) is 5. The predicted molar refractivity (Wildman–Crippen MR) is 121 cm³/mol. The largest absolute Gasteiger partial charge is 0.379 e. The van der Waals surface area contributed by atoms with E-state index in [1.165, 1.54) is 22.5 Å². The van der Waals surface area contributed by atoms with Crippen molar-refractivity contribution in [1.82, 2.24) is 4.31 Å². The Kier molecular flexibility index (Phi) is 7.38. The number of benzene rings is 3. The average molecular weight is 440 g/mol. The molecule has 0 aliphatic heterocycles. The van der Waals surface area contributed by atoms with Crippen LogP contribution in [0.5, 0.6) is 0 Å². The monoisotopic (exact) mass is 439 g/mol. The van der Waals surface area contributed by atoms with Gasteiger partial charge in [-0.2, -0.15) is 4.31 Å².